The molecule has 0 saturated heterocycles. The summed E-state index contributed by atoms with van der Waals surface area (Å²) in [7, 11) is 0. The number of aliphatic hydroxyl groups excluding tert-OH is 1. The average molecular weight is 419 g/mol. The highest BCUT2D eigenvalue weighted by Crippen LogP contribution is 2.20. The topological polar surface area (TPSA) is 115 Å². The molecule has 0 aliphatic rings. The summed E-state index contributed by atoms with van der Waals surface area (Å²) in [4.78, 5) is 20.4. The van der Waals surface area contributed by atoms with Crippen LogP contribution < -0.4 is 0 Å². The number of aromatic carboxylic acids is 2. The Morgan fingerprint density at radius 2 is 1.23 bits per heavy atom. The number of carboxylic acid groups (broad SMARTS) is 2. The second kappa shape index (κ2) is 15.2. The van der Waals surface area contributed by atoms with Gasteiger partial charge in [0.25, 0.3) is 0 Å². The van der Waals surface area contributed by atoms with Gasteiger partial charge < -0.3 is 20.4 Å². The Labute approximate surface area is 178 Å². The first-order chi connectivity index (χ1) is 14.1. The van der Waals surface area contributed by atoms with E-state index in [2.05, 4.69) is 0 Å². The summed E-state index contributed by atoms with van der Waals surface area (Å²) in [5.41, 5.74) is -0.0152. The average Bonchev–Trinajstić information content (AvgIpc) is 2.70. The number of benzene rings is 2. The van der Waals surface area contributed by atoms with Crippen molar-refractivity contribution >= 4 is 11.9 Å². The summed E-state index contributed by atoms with van der Waals surface area (Å²) in [6, 6.07) is 16.6. The van der Waals surface area contributed by atoms with Crippen molar-refractivity contribution in [3.8, 4) is 0 Å². The highest BCUT2D eigenvalue weighted by molar-refractivity contribution is 5.87. The molecule has 0 radical (unpaired) electrons. The van der Waals surface area contributed by atoms with Crippen LogP contribution in [0.3, 0.4) is 0 Å². The van der Waals surface area contributed by atoms with E-state index < -0.39 is 17.5 Å². The lowest BCUT2D eigenvalue weighted by Crippen LogP contribution is -2.29. The minimum Gasteiger partial charge on any atom is -0.478 e. The number of aliphatic hydroxyl groups is 2. The van der Waals surface area contributed by atoms with Gasteiger partial charge in [0, 0.05) is 6.42 Å². The first-order valence-corrected chi connectivity index (χ1v) is 10.1. The van der Waals surface area contributed by atoms with E-state index in [-0.39, 0.29) is 6.10 Å². The Kier molecular flexibility index (Phi) is 13.8. The zero-order chi connectivity index (χ0) is 23.0. The van der Waals surface area contributed by atoms with Crippen LogP contribution in [0.2, 0.25) is 0 Å². The number of rotatable bonds is 8. The molecular formula is C24H34O6. The summed E-state index contributed by atoms with van der Waals surface area (Å²) in [5, 5.41) is 36.0. The molecule has 0 amide bonds. The zero-order valence-corrected chi connectivity index (χ0v) is 18.0. The Balaban J connectivity index is 0.000000426. The normalized spacial score (nSPS) is 12.8. The van der Waals surface area contributed by atoms with Gasteiger partial charge in [0.05, 0.1) is 22.8 Å². The fourth-order valence-electron chi connectivity index (χ4n) is 2.74. The first kappa shape index (κ1) is 27.3. The number of hydrogen-bond acceptors (Lipinski definition) is 4. The van der Waals surface area contributed by atoms with E-state index in [1.165, 1.54) is 0 Å². The molecule has 0 aromatic heterocycles. The number of carbonyl (C=O) groups is 2. The molecule has 2 rings (SSSR count). The van der Waals surface area contributed by atoms with Gasteiger partial charge in [-0.05, 0) is 44.0 Å². The lowest BCUT2D eigenvalue weighted by Gasteiger charge is -2.25. The molecule has 0 heterocycles. The van der Waals surface area contributed by atoms with Gasteiger partial charge in [-0.15, -0.1) is 0 Å². The fraction of sp³-hybridized carbons (Fsp3) is 0.417. The summed E-state index contributed by atoms with van der Waals surface area (Å²) in [6.45, 7) is 5.88. The van der Waals surface area contributed by atoms with E-state index in [4.69, 9.17) is 10.2 Å². The molecule has 0 saturated carbocycles. The summed E-state index contributed by atoms with van der Waals surface area (Å²) < 4.78 is 0. The highest BCUT2D eigenvalue weighted by atomic mass is 16.4. The molecule has 6 heteroatoms. The van der Waals surface area contributed by atoms with Crippen LogP contribution in [0, 0.1) is 0 Å². The van der Waals surface area contributed by atoms with Crippen LogP contribution in [0.4, 0.5) is 0 Å². The standard InChI is InChI=1S/C10H22O2.2C7H6O2/c1-4-6-9(11)8-10(3,12)7-5-2;2*8-7(9)6-4-2-1-3-5-6/h9,11-12H,4-8H2,1-3H3;2*1-5H,(H,8,9). The van der Waals surface area contributed by atoms with Crippen LogP contribution in [0.15, 0.2) is 60.7 Å². The van der Waals surface area contributed by atoms with Crippen LogP contribution in [0.1, 0.15) is 73.6 Å². The van der Waals surface area contributed by atoms with Gasteiger partial charge in [-0.2, -0.15) is 0 Å². The van der Waals surface area contributed by atoms with Crippen LogP contribution in [-0.4, -0.2) is 44.1 Å². The Hall–Kier alpha value is -2.70. The van der Waals surface area contributed by atoms with E-state index in [1.807, 2.05) is 13.8 Å². The van der Waals surface area contributed by atoms with Gasteiger partial charge in [-0.3, -0.25) is 0 Å². The van der Waals surface area contributed by atoms with Gasteiger partial charge in [0.2, 0.25) is 0 Å². The predicted molar refractivity (Wildman–Crippen MR) is 118 cm³/mol. The van der Waals surface area contributed by atoms with Gasteiger partial charge in [0.15, 0.2) is 0 Å². The summed E-state index contributed by atoms with van der Waals surface area (Å²) in [5.74, 6) is -1.76. The lowest BCUT2D eigenvalue weighted by atomic mass is 9.92. The van der Waals surface area contributed by atoms with Crippen LogP contribution in [-0.2, 0) is 0 Å². The molecule has 166 valence electrons. The van der Waals surface area contributed by atoms with Crippen LogP contribution in [0.25, 0.3) is 0 Å². The minimum atomic E-state index is -0.879. The number of carboxylic acids is 2. The Morgan fingerprint density at radius 1 is 0.833 bits per heavy atom. The smallest absolute Gasteiger partial charge is 0.335 e. The summed E-state index contributed by atoms with van der Waals surface area (Å²) in [6.07, 6.45) is 3.67. The molecule has 0 spiro atoms. The second-order valence-corrected chi connectivity index (χ2v) is 7.24. The molecule has 30 heavy (non-hydrogen) atoms. The van der Waals surface area contributed by atoms with Gasteiger partial charge in [0.1, 0.15) is 0 Å². The first-order valence-electron chi connectivity index (χ1n) is 10.1. The van der Waals surface area contributed by atoms with E-state index >= 15 is 0 Å². The van der Waals surface area contributed by atoms with E-state index in [0.29, 0.717) is 17.5 Å². The van der Waals surface area contributed by atoms with Crippen molar-refractivity contribution in [3.63, 3.8) is 0 Å². The molecule has 2 unspecified atom stereocenters. The largest absolute Gasteiger partial charge is 0.478 e. The molecule has 2 atom stereocenters. The van der Waals surface area contributed by atoms with Gasteiger partial charge in [-0.1, -0.05) is 63.1 Å². The van der Waals surface area contributed by atoms with Crippen LogP contribution >= 0.6 is 0 Å². The molecule has 4 N–H and O–H groups in total. The van der Waals surface area contributed by atoms with Crippen molar-refractivity contribution in [2.24, 2.45) is 0 Å². The zero-order valence-electron chi connectivity index (χ0n) is 18.0. The quantitative estimate of drug-likeness (QED) is 0.487. The van der Waals surface area contributed by atoms with Crippen molar-refractivity contribution < 1.29 is 30.0 Å². The second-order valence-electron chi connectivity index (χ2n) is 7.24. The molecule has 2 aromatic rings. The fourth-order valence-corrected chi connectivity index (χ4v) is 2.74. The minimum absolute atomic E-state index is 0.331. The van der Waals surface area contributed by atoms with Crippen molar-refractivity contribution in [1.82, 2.24) is 0 Å². The SMILES string of the molecule is CCCC(O)CC(C)(O)CCC.O=C(O)c1ccccc1.O=C(O)c1ccccc1. The summed E-state index contributed by atoms with van der Waals surface area (Å²) >= 11 is 0. The highest BCUT2D eigenvalue weighted by Gasteiger charge is 2.22. The third-order valence-electron chi connectivity index (χ3n) is 4.13. The molecule has 0 bridgehead atoms. The molecule has 0 aliphatic carbocycles. The van der Waals surface area contributed by atoms with E-state index in [0.717, 1.165) is 25.7 Å². The van der Waals surface area contributed by atoms with Crippen molar-refractivity contribution in [1.29, 1.82) is 0 Å². The van der Waals surface area contributed by atoms with E-state index in [1.54, 1.807) is 67.6 Å². The Morgan fingerprint density at radius 3 is 1.50 bits per heavy atom. The molecule has 0 fully saturated rings. The maximum atomic E-state index is 10.2. The molecular weight excluding hydrogens is 384 g/mol. The van der Waals surface area contributed by atoms with Crippen LogP contribution in [0.5, 0.6) is 0 Å². The van der Waals surface area contributed by atoms with Crippen molar-refractivity contribution in [3.05, 3.63) is 71.8 Å². The van der Waals surface area contributed by atoms with Crippen molar-refractivity contribution in [2.45, 2.75) is 64.6 Å². The third kappa shape index (κ3) is 13.5. The number of hydrogen-bond donors (Lipinski definition) is 4. The van der Waals surface area contributed by atoms with Crippen molar-refractivity contribution in [2.75, 3.05) is 0 Å². The maximum absolute atomic E-state index is 10.2. The van der Waals surface area contributed by atoms with Gasteiger partial charge >= 0.3 is 11.9 Å². The maximum Gasteiger partial charge on any atom is 0.335 e. The molecule has 2 aromatic carbocycles. The molecule has 0 aliphatic heterocycles. The molecule has 6 nitrogen and oxygen atoms in total. The predicted octanol–water partition coefficient (Wildman–Crippen LogP) is 4.86. The Bertz CT molecular complexity index is 663. The van der Waals surface area contributed by atoms with Gasteiger partial charge in [-0.25, -0.2) is 9.59 Å². The van der Waals surface area contributed by atoms with E-state index in [9.17, 15) is 19.8 Å². The monoisotopic (exact) mass is 418 g/mol. The third-order valence-corrected chi connectivity index (χ3v) is 4.13. The lowest BCUT2D eigenvalue weighted by molar-refractivity contribution is -0.00528.